The van der Waals surface area contributed by atoms with Crippen molar-refractivity contribution in [2.75, 3.05) is 0 Å². The van der Waals surface area contributed by atoms with E-state index in [4.69, 9.17) is 0 Å². The summed E-state index contributed by atoms with van der Waals surface area (Å²) in [5.74, 6) is 2.02. The van der Waals surface area contributed by atoms with Crippen molar-refractivity contribution in [1.29, 1.82) is 0 Å². The van der Waals surface area contributed by atoms with Gasteiger partial charge in [-0.2, -0.15) is 0 Å². The molecule has 3 rings (SSSR count). The molecule has 2 aliphatic carbocycles. The van der Waals surface area contributed by atoms with Crippen molar-refractivity contribution < 1.29 is 0 Å². The molecular weight excluding hydrogens is 132 g/mol. The summed E-state index contributed by atoms with van der Waals surface area (Å²) in [6, 6.07) is 8.96. The molecule has 1 fully saturated rings. The minimum absolute atomic E-state index is 0.958. The second kappa shape index (κ2) is 1.88. The van der Waals surface area contributed by atoms with Crippen LogP contribution in [0.5, 0.6) is 0 Å². The molecule has 0 radical (unpaired) electrons. The van der Waals surface area contributed by atoms with Gasteiger partial charge in [-0.25, -0.2) is 0 Å². The second-order valence-electron chi connectivity index (χ2n) is 3.84. The Morgan fingerprint density at radius 3 is 3.09 bits per heavy atom. The highest BCUT2D eigenvalue weighted by molar-refractivity contribution is 5.37. The van der Waals surface area contributed by atoms with E-state index in [-0.39, 0.29) is 0 Å². The Morgan fingerprint density at radius 1 is 1.18 bits per heavy atom. The standard InChI is InChI=1S/C11H12/c1-2-4-10-8(3-1)5-6-9-7-11(9)10/h1-4,9,11H,5-7H2/t9?,11-/m0/s1. The molecule has 0 spiro atoms. The molecule has 2 aliphatic rings. The van der Waals surface area contributed by atoms with Crippen LogP contribution in [0.25, 0.3) is 0 Å². The van der Waals surface area contributed by atoms with E-state index in [0.29, 0.717) is 0 Å². The van der Waals surface area contributed by atoms with Gasteiger partial charge >= 0.3 is 0 Å². The Kier molecular flexibility index (Phi) is 0.993. The van der Waals surface area contributed by atoms with Crippen molar-refractivity contribution in [3.63, 3.8) is 0 Å². The number of hydrogen-bond acceptors (Lipinski definition) is 0. The topological polar surface area (TPSA) is 0 Å². The average molecular weight is 144 g/mol. The van der Waals surface area contributed by atoms with Crippen molar-refractivity contribution in [2.45, 2.75) is 25.2 Å². The van der Waals surface area contributed by atoms with E-state index >= 15 is 0 Å². The molecular formula is C11H12. The Morgan fingerprint density at radius 2 is 2.09 bits per heavy atom. The SMILES string of the molecule is c1ccc2c(c1)CCC1C[C@H]21. The fourth-order valence-electron chi connectivity index (χ4n) is 2.41. The van der Waals surface area contributed by atoms with Gasteiger partial charge < -0.3 is 0 Å². The van der Waals surface area contributed by atoms with Crippen molar-refractivity contribution in [2.24, 2.45) is 5.92 Å². The van der Waals surface area contributed by atoms with Gasteiger partial charge in [0, 0.05) is 0 Å². The van der Waals surface area contributed by atoms with E-state index in [1.807, 2.05) is 0 Å². The molecule has 1 saturated carbocycles. The van der Waals surface area contributed by atoms with Crippen LogP contribution in [-0.2, 0) is 6.42 Å². The monoisotopic (exact) mass is 144 g/mol. The van der Waals surface area contributed by atoms with Crippen LogP contribution in [0.4, 0.5) is 0 Å². The molecule has 0 amide bonds. The van der Waals surface area contributed by atoms with E-state index in [0.717, 1.165) is 11.8 Å². The molecule has 0 aromatic heterocycles. The number of benzene rings is 1. The average Bonchev–Trinajstić information content (AvgIpc) is 2.83. The Balaban J connectivity index is 2.14. The molecule has 0 bridgehead atoms. The maximum atomic E-state index is 2.32. The van der Waals surface area contributed by atoms with Crippen LogP contribution >= 0.6 is 0 Å². The first-order valence-electron chi connectivity index (χ1n) is 4.53. The first-order valence-corrected chi connectivity index (χ1v) is 4.53. The molecule has 1 aromatic rings. The quantitative estimate of drug-likeness (QED) is 0.525. The van der Waals surface area contributed by atoms with Gasteiger partial charge in [0.05, 0.1) is 0 Å². The minimum Gasteiger partial charge on any atom is -0.0620 e. The maximum Gasteiger partial charge on any atom is -0.0128 e. The molecule has 0 nitrogen and oxygen atoms in total. The predicted molar refractivity (Wildman–Crippen MR) is 45.6 cm³/mol. The van der Waals surface area contributed by atoms with Crippen LogP contribution in [0, 0.1) is 5.92 Å². The van der Waals surface area contributed by atoms with E-state index in [9.17, 15) is 0 Å². The molecule has 1 aromatic carbocycles. The Labute approximate surface area is 67.2 Å². The van der Waals surface area contributed by atoms with Gasteiger partial charge in [0.15, 0.2) is 0 Å². The first kappa shape index (κ1) is 5.82. The van der Waals surface area contributed by atoms with Crippen molar-refractivity contribution >= 4 is 0 Å². The van der Waals surface area contributed by atoms with Gasteiger partial charge in [-0.3, -0.25) is 0 Å². The summed E-state index contributed by atoms with van der Waals surface area (Å²) >= 11 is 0. The summed E-state index contributed by atoms with van der Waals surface area (Å²) < 4.78 is 0. The lowest BCUT2D eigenvalue weighted by molar-refractivity contribution is 0.667. The highest BCUT2D eigenvalue weighted by Gasteiger charge is 2.41. The van der Waals surface area contributed by atoms with E-state index < -0.39 is 0 Å². The number of rotatable bonds is 0. The molecule has 0 heteroatoms. The van der Waals surface area contributed by atoms with Crippen LogP contribution in [0.2, 0.25) is 0 Å². The fraction of sp³-hybridized carbons (Fsp3) is 0.455. The van der Waals surface area contributed by atoms with E-state index in [2.05, 4.69) is 24.3 Å². The number of hydrogen-bond donors (Lipinski definition) is 0. The minimum atomic E-state index is 0.958. The second-order valence-corrected chi connectivity index (χ2v) is 3.84. The summed E-state index contributed by atoms with van der Waals surface area (Å²) in [5.41, 5.74) is 3.27. The van der Waals surface area contributed by atoms with Crippen LogP contribution in [-0.4, -0.2) is 0 Å². The van der Waals surface area contributed by atoms with Crippen LogP contribution in [0.3, 0.4) is 0 Å². The molecule has 11 heavy (non-hydrogen) atoms. The molecule has 56 valence electrons. The summed E-state index contributed by atoms with van der Waals surface area (Å²) in [5, 5.41) is 0. The van der Waals surface area contributed by atoms with Gasteiger partial charge in [0.1, 0.15) is 0 Å². The summed E-state index contributed by atoms with van der Waals surface area (Å²) in [4.78, 5) is 0. The zero-order valence-corrected chi connectivity index (χ0v) is 6.59. The van der Waals surface area contributed by atoms with E-state index in [1.165, 1.54) is 19.3 Å². The first-order chi connectivity index (χ1) is 5.45. The smallest absolute Gasteiger partial charge is 0.0128 e. The molecule has 0 N–H and O–H groups in total. The lowest BCUT2D eigenvalue weighted by Crippen LogP contribution is -2.00. The van der Waals surface area contributed by atoms with Crippen molar-refractivity contribution in [1.82, 2.24) is 0 Å². The van der Waals surface area contributed by atoms with Gasteiger partial charge in [-0.15, -0.1) is 0 Å². The van der Waals surface area contributed by atoms with Gasteiger partial charge in [0.2, 0.25) is 0 Å². The largest absolute Gasteiger partial charge is 0.0620 e. The molecule has 0 aliphatic heterocycles. The predicted octanol–water partition coefficient (Wildman–Crippen LogP) is 2.74. The lowest BCUT2D eigenvalue weighted by atomic mass is 9.92. The van der Waals surface area contributed by atoms with Gasteiger partial charge in [-0.1, -0.05) is 24.3 Å². The van der Waals surface area contributed by atoms with E-state index in [1.54, 1.807) is 11.1 Å². The normalized spacial score (nSPS) is 32.4. The van der Waals surface area contributed by atoms with Gasteiger partial charge in [0.25, 0.3) is 0 Å². The third-order valence-electron chi connectivity index (χ3n) is 3.16. The molecule has 0 saturated heterocycles. The van der Waals surface area contributed by atoms with Crippen LogP contribution < -0.4 is 0 Å². The molecule has 1 unspecified atom stereocenters. The lowest BCUT2D eigenvalue weighted by Gasteiger charge is -2.13. The Bertz CT molecular complexity index is 288. The summed E-state index contributed by atoms with van der Waals surface area (Å²) in [7, 11) is 0. The van der Waals surface area contributed by atoms with Crippen LogP contribution in [0.1, 0.15) is 29.9 Å². The zero-order chi connectivity index (χ0) is 7.26. The zero-order valence-electron chi connectivity index (χ0n) is 6.59. The van der Waals surface area contributed by atoms with Crippen molar-refractivity contribution in [3.8, 4) is 0 Å². The maximum absolute atomic E-state index is 2.32. The highest BCUT2D eigenvalue weighted by Crippen LogP contribution is 2.54. The number of aryl methyl sites for hydroxylation is 1. The summed E-state index contributed by atoms with van der Waals surface area (Å²) in [6.45, 7) is 0. The highest BCUT2D eigenvalue weighted by atomic mass is 14.5. The fourth-order valence-corrected chi connectivity index (χ4v) is 2.41. The molecule has 0 heterocycles. The molecule has 2 atom stereocenters. The summed E-state index contributed by atoms with van der Waals surface area (Å²) in [6.07, 6.45) is 4.25. The Hall–Kier alpha value is -0.780. The third-order valence-corrected chi connectivity index (χ3v) is 3.16. The number of fused-ring (bicyclic) bond motifs is 3. The van der Waals surface area contributed by atoms with Crippen LogP contribution in [0.15, 0.2) is 24.3 Å². The van der Waals surface area contributed by atoms with Gasteiger partial charge in [-0.05, 0) is 42.2 Å². The van der Waals surface area contributed by atoms with Crippen molar-refractivity contribution in [3.05, 3.63) is 35.4 Å². The third kappa shape index (κ3) is 0.756.